The van der Waals surface area contributed by atoms with Crippen molar-refractivity contribution in [2.24, 2.45) is 5.73 Å². The van der Waals surface area contributed by atoms with Crippen LogP contribution in [-0.2, 0) is 4.74 Å². The van der Waals surface area contributed by atoms with Crippen LogP contribution in [0.3, 0.4) is 0 Å². The third-order valence-corrected chi connectivity index (χ3v) is 4.12. The van der Waals surface area contributed by atoms with Gasteiger partial charge in [-0.2, -0.15) is 0 Å². The van der Waals surface area contributed by atoms with E-state index in [2.05, 4.69) is 32.2 Å². The first-order valence-corrected chi connectivity index (χ1v) is 6.36. The summed E-state index contributed by atoms with van der Waals surface area (Å²) in [6.45, 7) is 9.05. The molecule has 0 fully saturated rings. The Morgan fingerprint density at radius 2 is 2.20 bits per heavy atom. The minimum atomic E-state index is -0.246. The van der Waals surface area contributed by atoms with Crippen LogP contribution in [-0.4, -0.2) is 12.2 Å². The van der Waals surface area contributed by atoms with Crippen LogP contribution in [0.2, 0.25) is 0 Å². The van der Waals surface area contributed by atoms with Crippen molar-refractivity contribution >= 4 is 11.3 Å². The Morgan fingerprint density at radius 3 is 2.60 bits per heavy atom. The molecule has 2 unspecified atom stereocenters. The normalized spacial score (nSPS) is 17.4. The first-order valence-electron chi connectivity index (χ1n) is 5.48. The van der Waals surface area contributed by atoms with Crippen molar-refractivity contribution in [1.29, 1.82) is 0 Å². The summed E-state index contributed by atoms with van der Waals surface area (Å²) in [6.07, 6.45) is 0.930. The monoisotopic (exact) mass is 227 g/mol. The van der Waals surface area contributed by atoms with Crippen molar-refractivity contribution in [3.05, 3.63) is 21.9 Å². The molecule has 2 atom stereocenters. The van der Waals surface area contributed by atoms with Gasteiger partial charge in [0.25, 0.3) is 0 Å². The van der Waals surface area contributed by atoms with E-state index >= 15 is 0 Å². The Morgan fingerprint density at radius 1 is 1.53 bits per heavy atom. The number of aryl methyl sites for hydroxylation is 1. The van der Waals surface area contributed by atoms with Gasteiger partial charge in [-0.15, -0.1) is 11.3 Å². The molecule has 86 valence electrons. The van der Waals surface area contributed by atoms with Crippen molar-refractivity contribution in [3.63, 3.8) is 0 Å². The Balaban J connectivity index is 2.91. The molecule has 1 aromatic rings. The second kappa shape index (κ2) is 5.10. The topological polar surface area (TPSA) is 35.2 Å². The number of thiophene rings is 1. The summed E-state index contributed by atoms with van der Waals surface area (Å²) in [6, 6.07) is 2.09. The second-order valence-corrected chi connectivity index (χ2v) is 4.99. The largest absolute Gasteiger partial charge is 0.374 e. The van der Waals surface area contributed by atoms with Gasteiger partial charge in [-0.1, -0.05) is 6.92 Å². The molecule has 2 nitrogen and oxygen atoms in total. The van der Waals surface area contributed by atoms with Gasteiger partial charge in [0.1, 0.15) is 0 Å². The summed E-state index contributed by atoms with van der Waals surface area (Å²) < 4.78 is 5.80. The first-order chi connectivity index (χ1) is 7.05. The van der Waals surface area contributed by atoms with E-state index in [1.165, 1.54) is 10.4 Å². The summed E-state index contributed by atoms with van der Waals surface area (Å²) >= 11 is 1.72. The van der Waals surface area contributed by atoms with E-state index in [0.29, 0.717) is 6.61 Å². The standard InChI is InChI=1S/C12H21NOS/c1-5-12(4,14-6-2)11(13)10-9(3)7-8-15-10/h7-8,11H,5-6,13H2,1-4H3. The van der Waals surface area contributed by atoms with Crippen molar-refractivity contribution in [2.45, 2.75) is 45.8 Å². The lowest BCUT2D eigenvalue weighted by molar-refractivity contribution is -0.0466. The first kappa shape index (κ1) is 12.7. The third kappa shape index (κ3) is 2.60. The smallest absolute Gasteiger partial charge is 0.0851 e. The molecule has 0 bridgehead atoms. The predicted molar refractivity (Wildman–Crippen MR) is 66.3 cm³/mol. The summed E-state index contributed by atoms with van der Waals surface area (Å²) in [5.74, 6) is 0. The minimum absolute atomic E-state index is 0.0255. The molecule has 0 saturated heterocycles. The average molecular weight is 227 g/mol. The molecule has 0 aliphatic rings. The summed E-state index contributed by atoms with van der Waals surface area (Å²) in [4.78, 5) is 1.24. The van der Waals surface area contributed by atoms with Crippen LogP contribution in [0.4, 0.5) is 0 Å². The highest BCUT2D eigenvalue weighted by molar-refractivity contribution is 7.10. The Hall–Kier alpha value is -0.380. The zero-order chi connectivity index (χ0) is 11.5. The summed E-state index contributed by atoms with van der Waals surface area (Å²) in [7, 11) is 0. The van der Waals surface area contributed by atoms with E-state index in [-0.39, 0.29) is 11.6 Å². The molecule has 1 aromatic heterocycles. The van der Waals surface area contributed by atoms with Gasteiger partial charge in [0, 0.05) is 11.5 Å². The van der Waals surface area contributed by atoms with Gasteiger partial charge in [0.2, 0.25) is 0 Å². The highest BCUT2D eigenvalue weighted by Gasteiger charge is 2.33. The Labute approximate surface area is 96.4 Å². The molecule has 1 rings (SSSR count). The number of hydrogen-bond donors (Lipinski definition) is 1. The van der Waals surface area contributed by atoms with Gasteiger partial charge in [-0.3, -0.25) is 0 Å². The molecule has 15 heavy (non-hydrogen) atoms. The maximum atomic E-state index is 6.30. The molecule has 1 heterocycles. The van der Waals surface area contributed by atoms with Gasteiger partial charge in [-0.25, -0.2) is 0 Å². The van der Waals surface area contributed by atoms with E-state index in [1.807, 2.05) is 6.92 Å². The fraction of sp³-hybridized carbons (Fsp3) is 0.667. The van der Waals surface area contributed by atoms with Crippen molar-refractivity contribution in [1.82, 2.24) is 0 Å². The van der Waals surface area contributed by atoms with Crippen LogP contribution in [0.5, 0.6) is 0 Å². The van der Waals surface area contributed by atoms with Gasteiger partial charge >= 0.3 is 0 Å². The fourth-order valence-corrected chi connectivity index (χ4v) is 2.79. The van der Waals surface area contributed by atoms with E-state index in [4.69, 9.17) is 10.5 Å². The number of hydrogen-bond acceptors (Lipinski definition) is 3. The molecular weight excluding hydrogens is 206 g/mol. The Bertz CT molecular complexity index is 310. The lowest BCUT2D eigenvalue weighted by Gasteiger charge is -2.34. The molecule has 3 heteroatoms. The van der Waals surface area contributed by atoms with Crippen LogP contribution in [0, 0.1) is 6.92 Å². The van der Waals surface area contributed by atoms with Crippen LogP contribution >= 0.6 is 11.3 Å². The predicted octanol–water partition coefficient (Wildman–Crippen LogP) is 3.26. The number of ether oxygens (including phenoxy) is 1. The van der Waals surface area contributed by atoms with Crippen molar-refractivity contribution in [2.75, 3.05) is 6.61 Å². The lowest BCUT2D eigenvalue weighted by atomic mass is 9.91. The van der Waals surface area contributed by atoms with Crippen molar-refractivity contribution in [3.8, 4) is 0 Å². The molecule has 0 saturated carbocycles. The quantitative estimate of drug-likeness (QED) is 0.838. The van der Waals surface area contributed by atoms with E-state index < -0.39 is 0 Å². The summed E-state index contributed by atoms with van der Waals surface area (Å²) in [5.41, 5.74) is 7.33. The minimum Gasteiger partial charge on any atom is -0.374 e. The number of nitrogens with two attached hydrogens (primary N) is 1. The molecule has 0 aliphatic heterocycles. The van der Waals surface area contributed by atoms with E-state index in [1.54, 1.807) is 11.3 Å². The van der Waals surface area contributed by atoms with Crippen molar-refractivity contribution < 1.29 is 4.74 Å². The highest BCUT2D eigenvalue weighted by atomic mass is 32.1. The third-order valence-electron chi connectivity index (χ3n) is 3.02. The zero-order valence-electron chi connectivity index (χ0n) is 10.0. The maximum absolute atomic E-state index is 6.30. The second-order valence-electron chi connectivity index (χ2n) is 4.04. The molecule has 0 aliphatic carbocycles. The number of rotatable bonds is 5. The fourth-order valence-electron chi connectivity index (χ4n) is 1.72. The Kier molecular flexibility index (Phi) is 4.32. The van der Waals surface area contributed by atoms with Gasteiger partial charge in [-0.05, 0) is 44.2 Å². The maximum Gasteiger partial charge on any atom is 0.0851 e. The van der Waals surface area contributed by atoms with Crippen LogP contribution < -0.4 is 5.73 Å². The SMILES string of the molecule is CCOC(C)(CC)C(N)c1sccc1C. The summed E-state index contributed by atoms with van der Waals surface area (Å²) in [5, 5.41) is 2.09. The van der Waals surface area contributed by atoms with Gasteiger partial charge < -0.3 is 10.5 Å². The zero-order valence-corrected chi connectivity index (χ0v) is 10.9. The molecule has 0 aromatic carbocycles. The highest BCUT2D eigenvalue weighted by Crippen LogP contribution is 2.34. The molecular formula is C12H21NOS. The van der Waals surface area contributed by atoms with E-state index in [9.17, 15) is 0 Å². The molecule has 2 N–H and O–H groups in total. The van der Waals surface area contributed by atoms with Gasteiger partial charge in [0.15, 0.2) is 0 Å². The average Bonchev–Trinajstić information content (AvgIpc) is 2.63. The molecule has 0 amide bonds. The van der Waals surface area contributed by atoms with Crippen LogP contribution in [0.1, 0.15) is 43.7 Å². The lowest BCUT2D eigenvalue weighted by Crippen LogP contribution is -2.40. The molecule has 0 spiro atoms. The van der Waals surface area contributed by atoms with Crippen LogP contribution in [0.15, 0.2) is 11.4 Å². The van der Waals surface area contributed by atoms with Gasteiger partial charge in [0.05, 0.1) is 11.6 Å². The van der Waals surface area contributed by atoms with E-state index in [0.717, 1.165) is 6.42 Å². The van der Waals surface area contributed by atoms with Crippen LogP contribution in [0.25, 0.3) is 0 Å². The molecule has 0 radical (unpaired) electrons.